The first-order valence-electron chi connectivity index (χ1n) is 12.3. The largest absolute Gasteiger partial charge is 0.496 e. The number of fused-ring (bicyclic) bond motifs is 1. The number of para-hydroxylation sites is 2. The van der Waals surface area contributed by atoms with Crippen LogP contribution >= 0.6 is 0 Å². The van der Waals surface area contributed by atoms with Gasteiger partial charge in [0, 0.05) is 42.3 Å². The van der Waals surface area contributed by atoms with Crippen LogP contribution in [0.15, 0.2) is 60.4 Å². The van der Waals surface area contributed by atoms with Gasteiger partial charge in [0.05, 0.1) is 12.7 Å². The van der Waals surface area contributed by atoms with Crippen molar-refractivity contribution in [1.82, 2.24) is 14.8 Å². The van der Waals surface area contributed by atoms with Gasteiger partial charge in [0.2, 0.25) is 0 Å². The van der Waals surface area contributed by atoms with E-state index in [2.05, 4.69) is 50.6 Å². The van der Waals surface area contributed by atoms with Gasteiger partial charge >= 0.3 is 0 Å². The molecule has 0 bridgehead atoms. The number of ether oxygens (including phenoxy) is 1. The van der Waals surface area contributed by atoms with E-state index in [-0.39, 0.29) is 17.5 Å². The van der Waals surface area contributed by atoms with Crippen LogP contribution in [0.1, 0.15) is 50.5 Å². The van der Waals surface area contributed by atoms with Crippen molar-refractivity contribution in [2.45, 2.75) is 41.2 Å². The fourth-order valence-corrected chi connectivity index (χ4v) is 4.27. The van der Waals surface area contributed by atoms with Crippen LogP contribution in [0.4, 0.5) is 0 Å². The maximum atomic E-state index is 13.9. The molecule has 35 heavy (non-hydrogen) atoms. The second kappa shape index (κ2) is 11.7. The van der Waals surface area contributed by atoms with Gasteiger partial charge in [-0.25, -0.2) is 0 Å². The van der Waals surface area contributed by atoms with Gasteiger partial charge < -0.3 is 19.5 Å². The quantitative estimate of drug-likeness (QED) is 0.389. The number of aromatic nitrogens is 1. The third kappa shape index (κ3) is 6.32. The van der Waals surface area contributed by atoms with Gasteiger partial charge in [-0.3, -0.25) is 9.59 Å². The molecule has 3 aromatic rings. The molecule has 0 spiro atoms. The zero-order valence-corrected chi connectivity index (χ0v) is 21.7. The first-order valence-corrected chi connectivity index (χ1v) is 12.3. The molecule has 0 unspecified atom stereocenters. The van der Waals surface area contributed by atoms with E-state index < -0.39 is 0 Å². The lowest BCUT2D eigenvalue weighted by Gasteiger charge is -2.27. The van der Waals surface area contributed by atoms with Crippen LogP contribution in [-0.4, -0.2) is 41.5 Å². The molecular formula is C29H37N3O3. The highest BCUT2D eigenvalue weighted by Gasteiger charge is 2.24. The van der Waals surface area contributed by atoms with E-state index in [0.29, 0.717) is 36.2 Å². The number of carbonyl (C=O) groups is 2. The molecule has 3 rings (SSSR count). The summed E-state index contributed by atoms with van der Waals surface area (Å²) in [6.45, 7) is 12.5. The van der Waals surface area contributed by atoms with Crippen LogP contribution in [0.2, 0.25) is 0 Å². The summed E-state index contributed by atoms with van der Waals surface area (Å²) < 4.78 is 7.52. The Kier molecular flexibility index (Phi) is 8.74. The van der Waals surface area contributed by atoms with Crippen molar-refractivity contribution in [2.75, 3.05) is 20.2 Å². The van der Waals surface area contributed by atoms with Crippen molar-refractivity contribution in [1.29, 1.82) is 0 Å². The number of rotatable bonds is 10. The smallest absolute Gasteiger partial charge is 0.270 e. The first kappa shape index (κ1) is 26.1. The molecule has 0 fully saturated rings. The number of carbonyl (C=O) groups excluding carboxylic acids is 2. The van der Waals surface area contributed by atoms with E-state index in [1.54, 1.807) is 24.3 Å². The lowest BCUT2D eigenvalue weighted by Crippen LogP contribution is -2.42. The molecule has 1 heterocycles. The fourth-order valence-electron chi connectivity index (χ4n) is 4.27. The summed E-state index contributed by atoms with van der Waals surface area (Å²) in [7, 11) is 1.53. The summed E-state index contributed by atoms with van der Waals surface area (Å²) in [5.74, 6) is 0.483. The number of hydrogen-bond donors (Lipinski definition) is 1. The molecule has 6 heteroatoms. The zero-order valence-electron chi connectivity index (χ0n) is 21.7. The second-order valence-corrected chi connectivity index (χ2v) is 9.60. The SMILES string of the molecule is CCn1cc(C=C(NC(=O)c2ccccc2OC)C(=O)N(CC(C)C)CC(C)C)c2ccccc21. The Bertz CT molecular complexity index is 1200. The molecule has 1 N–H and O–H groups in total. The van der Waals surface area contributed by atoms with E-state index >= 15 is 0 Å². The van der Waals surface area contributed by atoms with Gasteiger partial charge in [-0.1, -0.05) is 58.0 Å². The topological polar surface area (TPSA) is 63.6 Å². The minimum absolute atomic E-state index is 0.191. The third-order valence-electron chi connectivity index (χ3n) is 5.75. The molecule has 0 saturated heterocycles. The van der Waals surface area contributed by atoms with Crippen molar-refractivity contribution < 1.29 is 14.3 Å². The van der Waals surface area contributed by atoms with Crippen molar-refractivity contribution in [3.63, 3.8) is 0 Å². The minimum Gasteiger partial charge on any atom is -0.496 e. The van der Waals surface area contributed by atoms with Crippen molar-refractivity contribution in [2.24, 2.45) is 11.8 Å². The van der Waals surface area contributed by atoms with E-state index in [1.165, 1.54) is 7.11 Å². The summed E-state index contributed by atoms with van der Waals surface area (Å²) in [5.41, 5.74) is 2.61. The highest BCUT2D eigenvalue weighted by Crippen LogP contribution is 2.25. The number of hydrogen-bond acceptors (Lipinski definition) is 3. The lowest BCUT2D eigenvalue weighted by atomic mass is 10.1. The summed E-state index contributed by atoms with van der Waals surface area (Å²) in [6.07, 6.45) is 3.83. The highest BCUT2D eigenvalue weighted by molar-refractivity contribution is 6.07. The molecule has 1 aromatic heterocycles. The number of nitrogens with one attached hydrogen (secondary N) is 1. The monoisotopic (exact) mass is 475 g/mol. The molecule has 2 aromatic carbocycles. The predicted octanol–water partition coefficient (Wildman–Crippen LogP) is 5.58. The Labute approximate surface area is 208 Å². The van der Waals surface area contributed by atoms with Crippen molar-refractivity contribution >= 4 is 28.8 Å². The van der Waals surface area contributed by atoms with Gasteiger partial charge in [0.25, 0.3) is 11.8 Å². The van der Waals surface area contributed by atoms with Crippen LogP contribution in [0, 0.1) is 11.8 Å². The molecule has 2 amide bonds. The van der Waals surface area contributed by atoms with E-state index in [1.807, 2.05) is 35.4 Å². The van der Waals surface area contributed by atoms with Crippen molar-refractivity contribution in [3.05, 3.63) is 71.6 Å². The normalized spacial score (nSPS) is 11.8. The van der Waals surface area contributed by atoms with Crippen LogP contribution in [0.5, 0.6) is 5.75 Å². The number of aryl methyl sites for hydroxylation is 1. The molecule has 0 aliphatic carbocycles. The van der Waals surface area contributed by atoms with Crippen LogP contribution in [0.3, 0.4) is 0 Å². The van der Waals surface area contributed by atoms with Crippen LogP contribution in [-0.2, 0) is 11.3 Å². The number of benzene rings is 2. The molecule has 0 aliphatic heterocycles. The molecule has 0 saturated carbocycles. The average molecular weight is 476 g/mol. The molecule has 0 atom stereocenters. The maximum absolute atomic E-state index is 13.9. The zero-order chi connectivity index (χ0) is 25.5. The van der Waals surface area contributed by atoms with E-state index in [0.717, 1.165) is 23.0 Å². The molecule has 6 nitrogen and oxygen atoms in total. The number of amides is 2. The number of nitrogens with zero attached hydrogens (tertiary/aromatic N) is 2. The average Bonchev–Trinajstić information content (AvgIpc) is 3.19. The van der Waals surface area contributed by atoms with Gasteiger partial charge in [0.15, 0.2) is 0 Å². The fraction of sp³-hybridized carbons (Fsp3) is 0.379. The van der Waals surface area contributed by atoms with Crippen LogP contribution in [0.25, 0.3) is 17.0 Å². The summed E-state index contributed by atoms with van der Waals surface area (Å²) in [4.78, 5) is 29.0. The van der Waals surface area contributed by atoms with Crippen molar-refractivity contribution in [3.8, 4) is 5.75 Å². The Morgan fingerprint density at radius 3 is 2.26 bits per heavy atom. The maximum Gasteiger partial charge on any atom is 0.270 e. The molecular weight excluding hydrogens is 438 g/mol. The van der Waals surface area contributed by atoms with Gasteiger partial charge in [-0.05, 0) is 43.0 Å². The van der Waals surface area contributed by atoms with Gasteiger partial charge in [-0.15, -0.1) is 0 Å². The standard InChI is InChI=1S/C29H37N3O3/c1-7-31-19-22(23-12-8-10-14-26(23)31)16-25(29(34)32(17-20(2)3)18-21(4)5)30-28(33)24-13-9-11-15-27(24)35-6/h8-16,19-21H,7,17-18H2,1-6H3,(H,30,33). The first-order chi connectivity index (χ1) is 16.7. The highest BCUT2D eigenvalue weighted by atomic mass is 16.5. The summed E-state index contributed by atoms with van der Waals surface area (Å²) in [5, 5.41) is 3.95. The molecule has 186 valence electrons. The Hall–Kier alpha value is -3.54. The second-order valence-electron chi connectivity index (χ2n) is 9.60. The molecule has 0 radical (unpaired) electrons. The van der Waals surface area contributed by atoms with Gasteiger partial charge in [-0.2, -0.15) is 0 Å². The van der Waals surface area contributed by atoms with E-state index in [9.17, 15) is 9.59 Å². The predicted molar refractivity (Wildman–Crippen MR) is 142 cm³/mol. The Morgan fingerprint density at radius 1 is 1.00 bits per heavy atom. The van der Waals surface area contributed by atoms with E-state index in [4.69, 9.17) is 4.74 Å². The van der Waals surface area contributed by atoms with Crippen LogP contribution < -0.4 is 10.1 Å². The Morgan fingerprint density at radius 2 is 1.63 bits per heavy atom. The lowest BCUT2D eigenvalue weighted by molar-refractivity contribution is -0.128. The molecule has 0 aliphatic rings. The minimum atomic E-state index is -0.379. The van der Waals surface area contributed by atoms with Gasteiger partial charge in [0.1, 0.15) is 11.4 Å². The summed E-state index contributed by atoms with van der Waals surface area (Å²) in [6, 6.07) is 15.1. The number of methoxy groups -OCH3 is 1. The summed E-state index contributed by atoms with van der Waals surface area (Å²) >= 11 is 0. The Balaban J connectivity index is 2.09. The third-order valence-corrected chi connectivity index (χ3v) is 5.75.